The van der Waals surface area contributed by atoms with Crippen LogP contribution in [-0.4, -0.2) is 18.5 Å². The molecule has 1 aliphatic heterocycles. The number of nitrogens with zero attached hydrogens (tertiary/aromatic N) is 1. The van der Waals surface area contributed by atoms with E-state index in [1.165, 1.54) is 4.90 Å². The van der Waals surface area contributed by atoms with Gasteiger partial charge in [-0.25, -0.2) is 9.69 Å². The van der Waals surface area contributed by atoms with Crippen LogP contribution in [0.5, 0.6) is 0 Å². The first-order chi connectivity index (χ1) is 9.27. The summed E-state index contributed by atoms with van der Waals surface area (Å²) in [4.78, 5) is 24.8. The van der Waals surface area contributed by atoms with Gasteiger partial charge in [-0.1, -0.05) is 48.5 Å². The molecule has 3 rings (SSSR count). The van der Waals surface area contributed by atoms with E-state index in [-0.39, 0.29) is 49.5 Å². The van der Waals surface area contributed by atoms with Crippen molar-refractivity contribution in [3.05, 3.63) is 54.6 Å². The average Bonchev–Trinajstić information content (AvgIpc) is 2.79. The molecule has 2 aromatic carbocycles. The molecule has 3 amide bonds. The standard InChI is InChI=1S/C15H12N2O2.Na.H/c18-14-10-16-15(19)17(14)13-9-5-4-8-12(13)11-6-2-1-3-7-11;;/h1-9H,10H2,(H,16,19);;/q;+1;-1. The van der Waals surface area contributed by atoms with Gasteiger partial charge < -0.3 is 6.74 Å². The zero-order valence-corrected chi connectivity index (χ0v) is 13.2. The summed E-state index contributed by atoms with van der Waals surface area (Å²) in [6, 6.07) is 16.7. The van der Waals surface area contributed by atoms with Gasteiger partial charge in [0.05, 0.1) is 12.2 Å². The van der Waals surface area contributed by atoms with Crippen LogP contribution in [0.1, 0.15) is 1.43 Å². The summed E-state index contributed by atoms with van der Waals surface area (Å²) in [6.07, 6.45) is 0. The fourth-order valence-electron chi connectivity index (χ4n) is 2.20. The summed E-state index contributed by atoms with van der Waals surface area (Å²) in [5, 5.41) is 2.53. The Labute approximate surface area is 140 Å². The van der Waals surface area contributed by atoms with Crippen molar-refractivity contribution in [2.75, 3.05) is 11.4 Å². The van der Waals surface area contributed by atoms with Gasteiger partial charge in [0.1, 0.15) is 0 Å². The maximum absolute atomic E-state index is 11.8. The van der Waals surface area contributed by atoms with Crippen molar-refractivity contribution >= 4 is 17.6 Å². The third-order valence-electron chi connectivity index (χ3n) is 3.07. The van der Waals surface area contributed by atoms with Gasteiger partial charge in [0.25, 0.3) is 5.91 Å². The van der Waals surface area contributed by atoms with Crippen LogP contribution in [0.25, 0.3) is 11.1 Å². The van der Waals surface area contributed by atoms with Gasteiger partial charge in [0.15, 0.2) is 0 Å². The van der Waals surface area contributed by atoms with E-state index in [9.17, 15) is 9.59 Å². The topological polar surface area (TPSA) is 49.4 Å². The van der Waals surface area contributed by atoms with Gasteiger partial charge in [-0.3, -0.25) is 4.79 Å². The SMILES string of the molecule is O=C1CNC(=O)N1c1ccccc1-c1ccccc1.[H-].[Na+]. The van der Waals surface area contributed by atoms with E-state index < -0.39 is 0 Å². The molecular weight excluding hydrogens is 263 g/mol. The smallest absolute Gasteiger partial charge is 1.00 e. The Morgan fingerprint density at radius 2 is 1.60 bits per heavy atom. The molecule has 5 heteroatoms. The van der Waals surface area contributed by atoms with Gasteiger partial charge in [-0.2, -0.15) is 0 Å². The van der Waals surface area contributed by atoms with Gasteiger partial charge in [0.2, 0.25) is 0 Å². The Morgan fingerprint density at radius 3 is 2.25 bits per heavy atom. The van der Waals surface area contributed by atoms with Gasteiger partial charge in [-0.15, -0.1) is 0 Å². The largest absolute Gasteiger partial charge is 1.00 e. The van der Waals surface area contributed by atoms with Gasteiger partial charge in [0, 0.05) is 5.56 Å². The van der Waals surface area contributed by atoms with Crippen LogP contribution in [0.2, 0.25) is 0 Å². The maximum atomic E-state index is 11.8. The first kappa shape index (κ1) is 14.8. The molecule has 4 nitrogen and oxygen atoms in total. The number of anilines is 1. The quantitative estimate of drug-likeness (QED) is 0.595. The number of urea groups is 1. The number of carbonyl (C=O) groups excluding carboxylic acids is 2. The van der Waals surface area contributed by atoms with Crippen molar-refractivity contribution < 1.29 is 40.6 Å². The molecule has 0 radical (unpaired) electrons. The van der Waals surface area contributed by atoms with E-state index in [2.05, 4.69) is 5.32 Å². The molecule has 0 aromatic heterocycles. The minimum absolute atomic E-state index is 0. The fraction of sp³-hybridized carbons (Fsp3) is 0.0667. The summed E-state index contributed by atoms with van der Waals surface area (Å²) < 4.78 is 0. The second-order valence-electron chi connectivity index (χ2n) is 4.27. The van der Waals surface area contributed by atoms with Crippen molar-refractivity contribution in [2.24, 2.45) is 0 Å². The second kappa shape index (κ2) is 6.22. The predicted molar refractivity (Wildman–Crippen MR) is 73.9 cm³/mol. The van der Waals surface area contributed by atoms with Gasteiger partial charge in [-0.05, 0) is 11.6 Å². The Kier molecular flexibility index (Phi) is 4.60. The summed E-state index contributed by atoms with van der Waals surface area (Å²) in [7, 11) is 0. The molecule has 1 heterocycles. The number of amides is 3. The minimum Gasteiger partial charge on any atom is -1.00 e. The number of para-hydroxylation sites is 1. The molecule has 0 spiro atoms. The van der Waals surface area contributed by atoms with Crippen molar-refractivity contribution in [1.82, 2.24) is 5.32 Å². The van der Waals surface area contributed by atoms with E-state index in [4.69, 9.17) is 0 Å². The fourth-order valence-corrected chi connectivity index (χ4v) is 2.20. The van der Waals surface area contributed by atoms with Crippen molar-refractivity contribution in [3.8, 4) is 11.1 Å². The molecule has 0 aliphatic carbocycles. The maximum Gasteiger partial charge on any atom is 1.00 e. The van der Waals surface area contributed by atoms with Crippen LogP contribution in [0, 0.1) is 0 Å². The number of nitrogens with one attached hydrogen (secondary N) is 1. The van der Waals surface area contributed by atoms with Crippen molar-refractivity contribution in [1.29, 1.82) is 0 Å². The number of hydrogen-bond acceptors (Lipinski definition) is 2. The number of carbonyl (C=O) groups is 2. The van der Waals surface area contributed by atoms with Crippen molar-refractivity contribution in [3.63, 3.8) is 0 Å². The normalized spacial score (nSPS) is 13.9. The number of hydrogen-bond donors (Lipinski definition) is 1. The molecule has 1 aliphatic rings. The first-order valence-corrected chi connectivity index (χ1v) is 6.02. The molecule has 1 saturated heterocycles. The Hall–Kier alpha value is -1.62. The first-order valence-electron chi connectivity index (χ1n) is 6.02. The molecule has 0 saturated carbocycles. The van der Waals surface area contributed by atoms with E-state index in [0.717, 1.165) is 11.1 Å². The van der Waals surface area contributed by atoms with Crippen LogP contribution in [-0.2, 0) is 4.79 Å². The second-order valence-corrected chi connectivity index (χ2v) is 4.27. The summed E-state index contributed by atoms with van der Waals surface area (Å²) in [5.41, 5.74) is 2.47. The van der Waals surface area contributed by atoms with E-state index in [0.29, 0.717) is 5.69 Å². The number of imide groups is 1. The molecule has 1 N–H and O–H groups in total. The third kappa shape index (κ3) is 2.63. The zero-order chi connectivity index (χ0) is 13.2. The predicted octanol–water partition coefficient (Wildman–Crippen LogP) is -0.474. The minimum atomic E-state index is -0.367. The Bertz CT molecular complexity index is 633. The monoisotopic (exact) mass is 276 g/mol. The van der Waals surface area contributed by atoms with Crippen molar-refractivity contribution in [2.45, 2.75) is 0 Å². The molecule has 0 atom stereocenters. The summed E-state index contributed by atoms with van der Waals surface area (Å²) in [6.45, 7) is 0.0575. The zero-order valence-electron chi connectivity index (χ0n) is 12.2. The van der Waals surface area contributed by atoms with Crippen LogP contribution in [0.3, 0.4) is 0 Å². The summed E-state index contributed by atoms with van der Waals surface area (Å²) in [5.74, 6) is -0.228. The Morgan fingerprint density at radius 1 is 0.950 bits per heavy atom. The van der Waals surface area contributed by atoms with Crippen LogP contribution < -0.4 is 39.8 Å². The van der Waals surface area contributed by atoms with Gasteiger partial charge >= 0.3 is 35.6 Å². The summed E-state index contributed by atoms with van der Waals surface area (Å²) >= 11 is 0. The molecule has 2 aromatic rings. The van der Waals surface area contributed by atoms with E-state index >= 15 is 0 Å². The molecule has 0 unspecified atom stereocenters. The molecule has 1 fully saturated rings. The number of rotatable bonds is 2. The molecule has 96 valence electrons. The Balaban J connectivity index is 0.00000110. The molecular formula is C15H13N2NaO2. The molecule has 0 bridgehead atoms. The van der Waals surface area contributed by atoms with Crippen LogP contribution in [0.15, 0.2) is 54.6 Å². The average molecular weight is 276 g/mol. The molecule has 20 heavy (non-hydrogen) atoms. The van der Waals surface area contributed by atoms with E-state index in [1.807, 2.05) is 48.5 Å². The number of benzene rings is 2. The van der Waals surface area contributed by atoms with Crippen LogP contribution in [0.4, 0.5) is 10.5 Å². The third-order valence-corrected chi connectivity index (χ3v) is 3.07. The van der Waals surface area contributed by atoms with Crippen LogP contribution >= 0.6 is 0 Å². The van der Waals surface area contributed by atoms with E-state index in [1.54, 1.807) is 6.07 Å².